The van der Waals surface area contributed by atoms with Crippen LogP contribution in [-0.4, -0.2) is 96.7 Å². The first-order valence-electron chi connectivity index (χ1n) is 39.0. The standard InChI is InChI=1S/C75H146O17P2/c1-7-10-12-14-16-18-20-27-33-39-45-51-57-72(77)85-63-70(91-74(79)59-53-47-41-34-28-21-19-17-15-13-11-8-2)65-89-93(81,82)87-61-69(76)62-88-94(83,84)90-66-71(64-86-73(78)58-52-46-40-36-30-31-37-43-49-55-67(4)5)92-75(80)60-54-48-42-35-29-25-23-22-24-26-32-38-44-50-56-68(6)9-3/h67-71,76H,7-66H2,1-6H3,(H,81,82)(H,83,84)/t68?,69-,70+,71+/m0/s1. The van der Waals surface area contributed by atoms with Gasteiger partial charge in [-0.1, -0.05) is 337 Å². The van der Waals surface area contributed by atoms with Crippen LogP contribution in [0.25, 0.3) is 0 Å². The molecule has 3 N–H and O–H groups in total. The molecule has 558 valence electrons. The first-order valence-corrected chi connectivity index (χ1v) is 42.0. The predicted molar refractivity (Wildman–Crippen MR) is 381 cm³/mol. The van der Waals surface area contributed by atoms with E-state index in [-0.39, 0.29) is 25.7 Å². The van der Waals surface area contributed by atoms with E-state index in [1.165, 1.54) is 205 Å². The van der Waals surface area contributed by atoms with Gasteiger partial charge in [-0.25, -0.2) is 9.13 Å². The van der Waals surface area contributed by atoms with Gasteiger partial charge in [0, 0.05) is 25.7 Å². The van der Waals surface area contributed by atoms with Crippen molar-refractivity contribution in [3.8, 4) is 0 Å². The van der Waals surface area contributed by atoms with Crippen LogP contribution in [0.1, 0.15) is 388 Å². The minimum Gasteiger partial charge on any atom is -0.462 e. The van der Waals surface area contributed by atoms with Gasteiger partial charge in [-0.3, -0.25) is 37.3 Å². The normalized spacial score (nSPS) is 14.3. The summed E-state index contributed by atoms with van der Waals surface area (Å²) in [6.45, 7) is 9.63. The van der Waals surface area contributed by atoms with Gasteiger partial charge in [-0.15, -0.1) is 0 Å². The Labute approximate surface area is 575 Å². The zero-order chi connectivity index (χ0) is 69.3. The molecule has 0 aromatic heterocycles. The molecule has 0 saturated carbocycles. The molecule has 0 aromatic rings. The third-order valence-corrected chi connectivity index (χ3v) is 19.7. The summed E-state index contributed by atoms with van der Waals surface area (Å²) in [5.74, 6) is -0.525. The maximum Gasteiger partial charge on any atom is 0.472 e. The van der Waals surface area contributed by atoms with Crippen LogP contribution in [0.2, 0.25) is 0 Å². The first-order chi connectivity index (χ1) is 45.4. The Balaban J connectivity index is 5.24. The number of aliphatic hydroxyl groups is 1. The van der Waals surface area contributed by atoms with Gasteiger partial charge in [0.15, 0.2) is 12.2 Å². The molecule has 0 bridgehead atoms. The summed E-state index contributed by atoms with van der Waals surface area (Å²) in [6, 6.07) is 0. The highest BCUT2D eigenvalue weighted by molar-refractivity contribution is 7.47. The fraction of sp³-hybridized carbons (Fsp3) is 0.947. The minimum absolute atomic E-state index is 0.107. The van der Waals surface area contributed by atoms with Crippen molar-refractivity contribution in [2.45, 2.75) is 407 Å². The number of rotatable bonds is 74. The molecule has 0 saturated heterocycles. The van der Waals surface area contributed by atoms with Crippen molar-refractivity contribution in [3.05, 3.63) is 0 Å². The van der Waals surface area contributed by atoms with E-state index in [4.69, 9.17) is 37.0 Å². The van der Waals surface area contributed by atoms with Crippen molar-refractivity contribution >= 4 is 39.5 Å². The van der Waals surface area contributed by atoms with Gasteiger partial charge in [0.2, 0.25) is 0 Å². The largest absolute Gasteiger partial charge is 0.472 e. The van der Waals surface area contributed by atoms with Crippen LogP contribution in [0.5, 0.6) is 0 Å². The number of aliphatic hydroxyl groups excluding tert-OH is 1. The van der Waals surface area contributed by atoms with Crippen LogP contribution >= 0.6 is 15.6 Å². The molecule has 0 amide bonds. The summed E-state index contributed by atoms with van der Waals surface area (Å²) in [7, 11) is -9.91. The molecule has 0 spiro atoms. The van der Waals surface area contributed by atoms with Gasteiger partial charge in [0.1, 0.15) is 19.3 Å². The lowest BCUT2D eigenvalue weighted by Crippen LogP contribution is -2.30. The third-order valence-electron chi connectivity index (χ3n) is 17.8. The molecule has 17 nitrogen and oxygen atoms in total. The summed E-state index contributed by atoms with van der Waals surface area (Å²) < 4.78 is 68.5. The van der Waals surface area contributed by atoms with Crippen molar-refractivity contribution in [1.82, 2.24) is 0 Å². The Morgan fingerprint density at radius 3 is 0.809 bits per heavy atom. The summed E-state index contributed by atoms with van der Waals surface area (Å²) in [5, 5.41) is 10.6. The molecule has 94 heavy (non-hydrogen) atoms. The number of carbonyl (C=O) groups excluding carboxylic acids is 4. The van der Waals surface area contributed by atoms with E-state index >= 15 is 0 Å². The van der Waals surface area contributed by atoms with Gasteiger partial charge in [-0.2, -0.15) is 0 Å². The Kier molecular flexibility index (Phi) is 65.5. The number of phosphoric acid groups is 2. The van der Waals surface area contributed by atoms with Gasteiger partial charge in [0.05, 0.1) is 26.4 Å². The van der Waals surface area contributed by atoms with Crippen molar-refractivity contribution in [2.75, 3.05) is 39.6 Å². The van der Waals surface area contributed by atoms with E-state index in [9.17, 15) is 43.2 Å². The van der Waals surface area contributed by atoms with E-state index in [2.05, 4.69) is 41.5 Å². The van der Waals surface area contributed by atoms with Crippen molar-refractivity contribution in [2.24, 2.45) is 11.8 Å². The van der Waals surface area contributed by atoms with Gasteiger partial charge in [0.25, 0.3) is 0 Å². The highest BCUT2D eigenvalue weighted by Gasteiger charge is 2.30. The third kappa shape index (κ3) is 67.3. The molecule has 19 heteroatoms. The second kappa shape index (κ2) is 66.9. The van der Waals surface area contributed by atoms with Gasteiger partial charge >= 0.3 is 39.5 Å². The van der Waals surface area contributed by atoms with Crippen molar-refractivity contribution in [1.29, 1.82) is 0 Å². The Bertz CT molecular complexity index is 1820. The highest BCUT2D eigenvalue weighted by atomic mass is 31.2. The van der Waals surface area contributed by atoms with Crippen LogP contribution in [0.3, 0.4) is 0 Å². The Morgan fingerprint density at radius 2 is 0.543 bits per heavy atom. The molecule has 0 heterocycles. The monoisotopic (exact) mass is 1380 g/mol. The quantitative estimate of drug-likeness (QED) is 0.0222. The summed E-state index contributed by atoms with van der Waals surface area (Å²) in [4.78, 5) is 72.8. The second-order valence-electron chi connectivity index (χ2n) is 27.8. The number of ether oxygens (including phenoxy) is 4. The van der Waals surface area contributed by atoms with Crippen molar-refractivity contribution < 1.29 is 80.2 Å². The zero-order valence-corrected chi connectivity index (χ0v) is 63.1. The molecule has 0 radical (unpaired) electrons. The van der Waals surface area contributed by atoms with Gasteiger partial charge in [-0.05, 0) is 37.5 Å². The molecular formula is C75H146O17P2. The van der Waals surface area contributed by atoms with Gasteiger partial charge < -0.3 is 33.8 Å². The lowest BCUT2D eigenvalue weighted by Gasteiger charge is -2.21. The molecule has 0 rings (SSSR count). The smallest absolute Gasteiger partial charge is 0.462 e. The Morgan fingerprint density at radius 1 is 0.309 bits per heavy atom. The summed E-state index contributed by atoms with van der Waals surface area (Å²) >= 11 is 0. The topological polar surface area (TPSA) is 237 Å². The Hall–Kier alpha value is -1.94. The maximum atomic E-state index is 13.1. The predicted octanol–water partition coefficient (Wildman–Crippen LogP) is 21.9. The highest BCUT2D eigenvalue weighted by Crippen LogP contribution is 2.45. The van der Waals surface area contributed by atoms with Crippen LogP contribution in [0, 0.1) is 11.8 Å². The minimum atomic E-state index is -4.96. The molecule has 0 aliphatic carbocycles. The average Bonchev–Trinajstić information content (AvgIpc) is 2.13. The fourth-order valence-electron chi connectivity index (χ4n) is 11.4. The number of unbranched alkanes of at least 4 members (excludes halogenated alkanes) is 43. The lowest BCUT2D eigenvalue weighted by molar-refractivity contribution is -0.161. The molecule has 0 aliphatic heterocycles. The zero-order valence-electron chi connectivity index (χ0n) is 61.3. The van der Waals surface area contributed by atoms with E-state index in [1.54, 1.807) is 0 Å². The maximum absolute atomic E-state index is 13.1. The van der Waals surface area contributed by atoms with Crippen LogP contribution in [-0.2, 0) is 65.4 Å². The molecular weight excluding hydrogens is 1230 g/mol. The SMILES string of the molecule is CCCCCCCCCCCCCCC(=O)OC[C@H](COP(=O)(O)OC[C@H](O)COP(=O)(O)OC[C@@H](COC(=O)CCCCCCCCCCCC(C)C)OC(=O)CCCCCCCCCCCCCCCCC(C)CC)OC(=O)CCCCCCCCCCCCCC. The molecule has 0 aromatic carbocycles. The molecule has 6 atom stereocenters. The number of carbonyl (C=O) groups is 4. The molecule has 3 unspecified atom stereocenters. The van der Waals surface area contributed by atoms with Crippen LogP contribution in [0.15, 0.2) is 0 Å². The first kappa shape index (κ1) is 92.1. The van der Waals surface area contributed by atoms with Crippen molar-refractivity contribution in [3.63, 3.8) is 0 Å². The molecule has 0 fully saturated rings. The fourth-order valence-corrected chi connectivity index (χ4v) is 13.0. The summed E-state index contributed by atoms with van der Waals surface area (Å²) in [6.07, 6.45) is 53.9. The van der Waals surface area contributed by atoms with E-state index in [0.29, 0.717) is 25.7 Å². The van der Waals surface area contributed by atoms with E-state index in [0.717, 1.165) is 102 Å². The number of phosphoric ester groups is 2. The molecule has 0 aliphatic rings. The lowest BCUT2D eigenvalue weighted by atomic mass is 9.99. The number of hydrogen-bond donors (Lipinski definition) is 3. The average molecular weight is 1380 g/mol. The van der Waals surface area contributed by atoms with E-state index < -0.39 is 97.5 Å². The number of esters is 4. The van der Waals surface area contributed by atoms with Crippen LogP contribution < -0.4 is 0 Å². The summed E-state index contributed by atoms with van der Waals surface area (Å²) in [5.41, 5.74) is 0. The second-order valence-corrected chi connectivity index (χ2v) is 30.7. The number of hydrogen-bond acceptors (Lipinski definition) is 15. The van der Waals surface area contributed by atoms with E-state index in [1.807, 2.05) is 0 Å². The van der Waals surface area contributed by atoms with Crippen LogP contribution in [0.4, 0.5) is 0 Å².